The van der Waals surface area contributed by atoms with Crippen LogP contribution in [0.4, 0.5) is 4.79 Å². The third-order valence-corrected chi connectivity index (χ3v) is 5.18. The number of urea groups is 1. The van der Waals surface area contributed by atoms with Gasteiger partial charge in [-0.1, -0.05) is 31.5 Å². The Balaban J connectivity index is 2.08. The van der Waals surface area contributed by atoms with Gasteiger partial charge in [0.05, 0.1) is 0 Å². The predicted octanol–water partition coefficient (Wildman–Crippen LogP) is 3.43. The molecule has 0 aromatic heterocycles. The second kappa shape index (κ2) is 8.09. The number of amides is 2. The molecule has 2 rings (SSSR count). The van der Waals surface area contributed by atoms with Crippen molar-refractivity contribution in [2.45, 2.75) is 37.0 Å². The molecule has 0 aliphatic carbocycles. The fourth-order valence-electron chi connectivity index (χ4n) is 2.63. The van der Waals surface area contributed by atoms with Crippen LogP contribution in [0.25, 0.3) is 0 Å². The van der Waals surface area contributed by atoms with Gasteiger partial charge < -0.3 is 10.6 Å². The maximum atomic E-state index is 11.3. The molecule has 0 radical (unpaired) electrons. The van der Waals surface area contributed by atoms with Crippen LogP contribution >= 0.6 is 23.4 Å². The number of benzene rings is 1. The third-order valence-electron chi connectivity index (χ3n) is 3.72. The molecule has 1 aliphatic rings. The van der Waals surface area contributed by atoms with E-state index in [9.17, 15) is 4.79 Å². The lowest BCUT2D eigenvalue weighted by Crippen LogP contribution is -2.38. The van der Waals surface area contributed by atoms with E-state index in [0.29, 0.717) is 11.8 Å². The topological polar surface area (TPSA) is 49.6 Å². The Labute approximate surface area is 142 Å². The van der Waals surface area contributed by atoms with Gasteiger partial charge in [-0.3, -0.25) is 4.90 Å². The highest BCUT2D eigenvalue weighted by Crippen LogP contribution is 2.32. The van der Waals surface area contributed by atoms with Crippen molar-refractivity contribution in [3.8, 4) is 0 Å². The summed E-state index contributed by atoms with van der Waals surface area (Å²) < 4.78 is 0. The number of hydrogen-bond acceptors (Lipinski definition) is 3. The predicted molar refractivity (Wildman–Crippen MR) is 93.5 cm³/mol. The first kappa shape index (κ1) is 17.4. The quantitative estimate of drug-likeness (QED) is 0.853. The average molecular weight is 342 g/mol. The Morgan fingerprint density at radius 1 is 1.32 bits per heavy atom. The highest BCUT2D eigenvalue weighted by molar-refractivity contribution is 8.00. The van der Waals surface area contributed by atoms with E-state index in [0.717, 1.165) is 37.6 Å². The molecular weight excluding hydrogens is 318 g/mol. The number of thioether (sulfide) groups is 1. The molecule has 1 fully saturated rings. The maximum Gasteiger partial charge on any atom is 0.314 e. The number of rotatable bonds is 4. The van der Waals surface area contributed by atoms with Gasteiger partial charge >= 0.3 is 6.03 Å². The molecule has 2 N–H and O–H groups in total. The van der Waals surface area contributed by atoms with Gasteiger partial charge in [0.1, 0.15) is 0 Å². The lowest BCUT2D eigenvalue weighted by molar-refractivity contribution is 0.207. The van der Waals surface area contributed by atoms with Crippen molar-refractivity contribution in [3.63, 3.8) is 0 Å². The number of nitrogens with two attached hydrogens (primary N) is 1. The van der Waals surface area contributed by atoms with E-state index in [1.54, 1.807) is 4.90 Å². The molecule has 0 unspecified atom stereocenters. The van der Waals surface area contributed by atoms with E-state index in [1.807, 2.05) is 23.9 Å². The summed E-state index contributed by atoms with van der Waals surface area (Å²) in [6, 6.07) is 5.78. The molecule has 0 spiro atoms. The number of carbonyl (C=O) groups excluding carboxylic acids is 1. The Morgan fingerprint density at radius 2 is 2.09 bits per heavy atom. The number of hydrogen-bond donors (Lipinski definition) is 1. The first-order valence-electron chi connectivity index (χ1n) is 7.68. The van der Waals surface area contributed by atoms with Crippen LogP contribution in [0, 0.1) is 0 Å². The minimum Gasteiger partial charge on any atom is -0.351 e. The van der Waals surface area contributed by atoms with Crippen molar-refractivity contribution in [2.75, 3.05) is 26.2 Å². The van der Waals surface area contributed by atoms with Crippen LogP contribution in [-0.4, -0.2) is 47.3 Å². The van der Waals surface area contributed by atoms with Crippen LogP contribution in [0.1, 0.15) is 25.8 Å². The van der Waals surface area contributed by atoms with E-state index < -0.39 is 0 Å². The molecule has 6 heteroatoms. The standard InChI is InChI=1S/C16H24ClN3OS/c1-12(2)22-15-6-3-5-14(17)13(15)11-19-7-4-8-20(10-9-19)16(18)21/h3,5-6,12H,4,7-11H2,1-2H3,(H2,18,21). The zero-order valence-corrected chi connectivity index (χ0v) is 14.8. The van der Waals surface area contributed by atoms with Crippen LogP contribution in [0.15, 0.2) is 23.1 Å². The first-order valence-corrected chi connectivity index (χ1v) is 8.94. The van der Waals surface area contributed by atoms with Crippen molar-refractivity contribution in [2.24, 2.45) is 5.73 Å². The Bertz CT molecular complexity index is 524. The summed E-state index contributed by atoms with van der Waals surface area (Å²) in [6.45, 7) is 8.41. The van der Waals surface area contributed by atoms with Crippen LogP contribution < -0.4 is 5.73 Å². The first-order chi connectivity index (χ1) is 10.5. The molecule has 1 aromatic carbocycles. The zero-order valence-electron chi connectivity index (χ0n) is 13.2. The molecule has 4 nitrogen and oxygen atoms in total. The normalized spacial score (nSPS) is 16.8. The van der Waals surface area contributed by atoms with Crippen LogP contribution in [0.5, 0.6) is 0 Å². The van der Waals surface area contributed by atoms with Gasteiger partial charge in [0, 0.05) is 47.9 Å². The molecule has 122 valence electrons. The van der Waals surface area contributed by atoms with Gasteiger partial charge in [0.15, 0.2) is 0 Å². The number of primary amides is 1. The van der Waals surface area contributed by atoms with Crippen LogP contribution in [-0.2, 0) is 6.54 Å². The van der Waals surface area contributed by atoms with Gasteiger partial charge in [0.2, 0.25) is 0 Å². The largest absolute Gasteiger partial charge is 0.351 e. The van der Waals surface area contributed by atoms with Gasteiger partial charge in [-0.05, 0) is 24.1 Å². The fraction of sp³-hybridized carbons (Fsp3) is 0.562. The molecule has 0 bridgehead atoms. The van der Waals surface area contributed by atoms with Gasteiger partial charge in [-0.25, -0.2) is 4.79 Å². The number of halogens is 1. The summed E-state index contributed by atoms with van der Waals surface area (Å²) in [5.41, 5.74) is 6.57. The molecule has 22 heavy (non-hydrogen) atoms. The highest BCUT2D eigenvalue weighted by atomic mass is 35.5. The zero-order chi connectivity index (χ0) is 16.1. The molecule has 2 amide bonds. The smallest absolute Gasteiger partial charge is 0.314 e. The minimum atomic E-state index is -0.323. The minimum absolute atomic E-state index is 0.323. The van der Waals surface area contributed by atoms with Crippen LogP contribution in [0.2, 0.25) is 5.02 Å². The van der Waals surface area contributed by atoms with Crippen molar-refractivity contribution in [1.82, 2.24) is 9.80 Å². The number of nitrogens with zero attached hydrogens (tertiary/aromatic N) is 2. The second-order valence-corrected chi connectivity index (χ2v) is 7.86. The molecule has 0 saturated carbocycles. The molecule has 1 aromatic rings. The lowest BCUT2D eigenvalue weighted by Gasteiger charge is -2.23. The summed E-state index contributed by atoms with van der Waals surface area (Å²) in [5, 5.41) is 1.34. The molecule has 1 aliphatic heterocycles. The Morgan fingerprint density at radius 3 is 2.77 bits per heavy atom. The summed E-state index contributed by atoms with van der Waals surface area (Å²) in [4.78, 5) is 16.6. The third kappa shape index (κ3) is 4.80. The Kier molecular flexibility index (Phi) is 6.41. The maximum absolute atomic E-state index is 11.3. The van der Waals surface area contributed by atoms with E-state index >= 15 is 0 Å². The highest BCUT2D eigenvalue weighted by Gasteiger charge is 2.19. The van der Waals surface area contributed by atoms with Gasteiger partial charge in [0.25, 0.3) is 0 Å². The van der Waals surface area contributed by atoms with E-state index in [1.165, 1.54) is 10.5 Å². The number of carbonyl (C=O) groups is 1. The summed E-state index contributed by atoms with van der Waals surface area (Å²) in [5.74, 6) is 0. The van der Waals surface area contributed by atoms with E-state index in [2.05, 4.69) is 24.8 Å². The van der Waals surface area contributed by atoms with Crippen molar-refractivity contribution in [3.05, 3.63) is 28.8 Å². The summed E-state index contributed by atoms with van der Waals surface area (Å²) in [6.07, 6.45) is 0.944. The van der Waals surface area contributed by atoms with Gasteiger partial charge in [-0.15, -0.1) is 11.8 Å². The lowest BCUT2D eigenvalue weighted by atomic mass is 10.2. The molecular formula is C16H24ClN3OS. The average Bonchev–Trinajstić information content (AvgIpc) is 2.67. The van der Waals surface area contributed by atoms with Crippen molar-refractivity contribution < 1.29 is 4.79 Å². The van der Waals surface area contributed by atoms with E-state index in [4.69, 9.17) is 17.3 Å². The monoisotopic (exact) mass is 341 g/mol. The molecule has 1 heterocycles. The summed E-state index contributed by atoms with van der Waals surface area (Å²) in [7, 11) is 0. The van der Waals surface area contributed by atoms with Crippen molar-refractivity contribution >= 4 is 29.4 Å². The SMILES string of the molecule is CC(C)Sc1cccc(Cl)c1CN1CCCN(C(N)=O)CC1. The van der Waals surface area contributed by atoms with E-state index in [-0.39, 0.29) is 6.03 Å². The van der Waals surface area contributed by atoms with Crippen molar-refractivity contribution in [1.29, 1.82) is 0 Å². The second-order valence-electron chi connectivity index (χ2n) is 5.84. The van der Waals surface area contributed by atoms with Crippen LogP contribution in [0.3, 0.4) is 0 Å². The Hall–Kier alpha value is -0.910. The molecule has 0 atom stereocenters. The van der Waals surface area contributed by atoms with Gasteiger partial charge in [-0.2, -0.15) is 0 Å². The summed E-state index contributed by atoms with van der Waals surface area (Å²) >= 11 is 8.27. The fourth-order valence-corrected chi connectivity index (χ4v) is 3.90. The molecule has 1 saturated heterocycles.